The van der Waals surface area contributed by atoms with Gasteiger partial charge in [-0.3, -0.25) is 4.90 Å². The third kappa shape index (κ3) is 7.03. The minimum atomic E-state index is -0.530. The number of benzene rings is 2. The highest BCUT2D eigenvalue weighted by molar-refractivity contribution is 5.70. The molecule has 0 bridgehead atoms. The number of carbonyl (C=O) groups excluding carboxylic acids is 1. The average Bonchev–Trinajstić information content (AvgIpc) is 2.86. The van der Waals surface area contributed by atoms with Gasteiger partial charge in [0.15, 0.2) is 0 Å². The van der Waals surface area contributed by atoms with Crippen molar-refractivity contribution in [2.45, 2.75) is 6.54 Å². The first-order valence-corrected chi connectivity index (χ1v) is 11.3. The Morgan fingerprint density at radius 1 is 0.939 bits per heavy atom. The molecule has 0 atom stereocenters. The van der Waals surface area contributed by atoms with Crippen molar-refractivity contribution in [2.75, 3.05) is 46.4 Å². The molecule has 0 spiro atoms. The van der Waals surface area contributed by atoms with Crippen molar-refractivity contribution < 1.29 is 14.3 Å². The highest BCUT2D eigenvalue weighted by atomic mass is 16.6. The van der Waals surface area contributed by atoms with Gasteiger partial charge in [-0.15, -0.1) is 0 Å². The molecule has 2 aromatic carbocycles. The molecule has 1 aromatic heterocycles. The summed E-state index contributed by atoms with van der Waals surface area (Å²) in [5, 5.41) is 2.72. The van der Waals surface area contributed by atoms with E-state index in [4.69, 9.17) is 9.47 Å². The lowest BCUT2D eigenvalue weighted by atomic mass is 10.1. The Labute approximate surface area is 195 Å². The fraction of sp³-hybridized carbons (Fsp3) is 0.308. The summed E-state index contributed by atoms with van der Waals surface area (Å²) in [5.41, 5.74) is 2.97. The van der Waals surface area contributed by atoms with Crippen molar-refractivity contribution >= 4 is 6.09 Å². The van der Waals surface area contributed by atoms with Gasteiger partial charge in [-0.2, -0.15) is 0 Å². The zero-order valence-electron chi connectivity index (χ0n) is 18.9. The number of amides is 1. The van der Waals surface area contributed by atoms with Gasteiger partial charge in [0.1, 0.15) is 12.4 Å². The van der Waals surface area contributed by atoms with Gasteiger partial charge in [-0.25, -0.2) is 9.78 Å². The highest BCUT2D eigenvalue weighted by Gasteiger charge is 2.13. The Morgan fingerprint density at radius 3 is 2.36 bits per heavy atom. The van der Waals surface area contributed by atoms with Crippen molar-refractivity contribution in [3.8, 4) is 22.8 Å². The number of ether oxygens (including phenoxy) is 2. The first kappa shape index (κ1) is 22.8. The van der Waals surface area contributed by atoms with Crippen molar-refractivity contribution in [3.63, 3.8) is 0 Å². The summed E-state index contributed by atoms with van der Waals surface area (Å²) in [6.45, 7) is 6.46. The van der Waals surface area contributed by atoms with E-state index in [0.717, 1.165) is 55.2 Å². The molecule has 1 amide bonds. The second-order valence-electron chi connectivity index (χ2n) is 8.13. The Bertz CT molecular complexity index is 1000. The quantitative estimate of drug-likeness (QED) is 0.570. The third-order valence-electron chi connectivity index (χ3n) is 5.67. The summed E-state index contributed by atoms with van der Waals surface area (Å²) in [4.78, 5) is 21.0. The van der Waals surface area contributed by atoms with Crippen LogP contribution in [0.1, 0.15) is 5.56 Å². The van der Waals surface area contributed by atoms with Crippen LogP contribution in [0.4, 0.5) is 4.79 Å². The summed E-state index contributed by atoms with van der Waals surface area (Å²) in [5.74, 6) is 1.11. The van der Waals surface area contributed by atoms with Crippen molar-refractivity contribution in [3.05, 3.63) is 78.5 Å². The van der Waals surface area contributed by atoms with E-state index in [1.54, 1.807) is 12.3 Å². The highest BCUT2D eigenvalue weighted by Crippen LogP contribution is 2.23. The Hall–Kier alpha value is -3.42. The molecule has 1 aliphatic rings. The molecule has 0 aliphatic carbocycles. The van der Waals surface area contributed by atoms with Crippen LogP contribution in [-0.2, 0) is 6.54 Å². The number of piperazine rings is 1. The topological polar surface area (TPSA) is 66.9 Å². The van der Waals surface area contributed by atoms with Crippen LogP contribution >= 0.6 is 0 Å². The summed E-state index contributed by atoms with van der Waals surface area (Å²) in [6.07, 6.45) is 1.17. The molecular formula is C26H30N4O3. The number of pyridine rings is 1. The van der Waals surface area contributed by atoms with Gasteiger partial charge in [0, 0.05) is 57.1 Å². The van der Waals surface area contributed by atoms with E-state index in [9.17, 15) is 4.79 Å². The molecule has 3 aromatic rings. The van der Waals surface area contributed by atoms with Gasteiger partial charge in [-0.05, 0) is 36.4 Å². The molecule has 1 N–H and O–H groups in total. The standard InChI is InChI=1S/C26H30N4O3/c1-29-13-15-30(16-14-29)17-18-32-24-10-7-22(8-11-24)23-9-12-25(27-20-23)33-26(31)28-19-21-5-3-2-4-6-21/h2-12,20H,13-19H2,1H3,(H,28,31). The van der Waals surface area contributed by atoms with E-state index < -0.39 is 6.09 Å². The number of aromatic nitrogens is 1. The number of rotatable bonds is 8. The Kier molecular flexibility index (Phi) is 7.90. The maximum Gasteiger partial charge on any atom is 0.414 e. The molecule has 7 heteroatoms. The molecule has 4 rings (SSSR count). The molecule has 0 saturated carbocycles. The van der Waals surface area contributed by atoms with Crippen LogP contribution in [0.15, 0.2) is 72.9 Å². The minimum absolute atomic E-state index is 0.258. The fourth-order valence-corrected chi connectivity index (χ4v) is 3.62. The molecule has 2 heterocycles. The van der Waals surface area contributed by atoms with Gasteiger partial charge < -0.3 is 19.7 Å². The zero-order valence-corrected chi connectivity index (χ0v) is 18.9. The van der Waals surface area contributed by atoms with Crippen molar-refractivity contribution in [2.24, 2.45) is 0 Å². The Morgan fingerprint density at radius 2 is 1.67 bits per heavy atom. The molecule has 0 unspecified atom stereocenters. The predicted octanol–water partition coefficient (Wildman–Crippen LogP) is 3.66. The molecule has 172 valence electrons. The van der Waals surface area contributed by atoms with E-state index >= 15 is 0 Å². The van der Waals surface area contributed by atoms with E-state index in [1.165, 1.54) is 0 Å². The van der Waals surface area contributed by atoms with Crippen LogP contribution in [-0.4, -0.2) is 67.3 Å². The first-order chi connectivity index (χ1) is 16.2. The average molecular weight is 447 g/mol. The molecular weight excluding hydrogens is 416 g/mol. The van der Waals surface area contributed by atoms with Crippen LogP contribution in [0, 0.1) is 0 Å². The van der Waals surface area contributed by atoms with Gasteiger partial charge in [0.25, 0.3) is 0 Å². The number of hydrogen-bond donors (Lipinski definition) is 1. The Balaban J connectivity index is 1.22. The number of carbonyl (C=O) groups is 1. The van der Waals surface area contributed by atoms with Crippen LogP contribution in [0.25, 0.3) is 11.1 Å². The number of nitrogens with zero attached hydrogens (tertiary/aromatic N) is 3. The van der Waals surface area contributed by atoms with Crippen LogP contribution < -0.4 is 14.8 Å². The SMILES string of the molecule is CN1CCN(CCOc2ccc(-c3ccc(OC(=O)NCc4ccccc4)nc3)cc2)CC1. The van der Waals surface area contributed by atoms with E-state index in [0.29, 0.717) is 13.2 Å². The zero-order chi connectivity index (χ0) is 22.9. The lowest BCUT2D eigenvalue weighted by Gasteiger charge is -2.32. The first-order valence-electron chi connectivity index (χ1n) is 11.3. The predicted molar refractivity (Wildman–Crippen MR) is 128 cm³/mol. The maximum atomic E-state index is 12.0. The number of nitrogens with one attached hydrogen (secondary N) is 1. The summed E-state index contributed by atoms with van der Waals surface area (Å²) < 4.78 is 11.2. The number of hydrogen-bond acceptors (Lipinski definition) is 6. The molecule has 1 saturated heterocycles. The third-order valence-corrected chi connectivity index (χ3v) is 5.67. The summed E-state index contributed by atoms with van der Waals surface area (Å²) in [7, 11) is 2.16. The van der Waals surface area contributed by atoms with E-state index in [-0.39, 0.29) is 5.88 Å². The van der Waals surface area contributed by atoms with E-state index in [2.05, 4.69) is 27.1 Å². The van der Waals surface area contributed by atoms with Gasteiger partial charge in [0.2, 0.25) is 5.88 Å². The second-order valence-corrected chi connectivity index (χ2v) is 8.13. The molecule has 1 aliphatic heterocycles. The molecule has 33 heavy (non-hydrogen) atoms. The minimum Gasteiger partial charge on any atom is -0.492 e. The largest absolute Gasteiger partial charge is 0.492 e. The lowest BCUT2D eigenvalue weighted by Crippen LogP contribution is -2.45. The lowest BCUT2D eigenvalue weighted by molar-refractivity contribution is 0.134. The van der Waals surface area contributed by atoms with Gasteiger partial charge >= 0.3 is 6.09 Å². The van der Waals surface area contributed by atoms with Gasteiger partial charge in [-0.1, -0.05) is 42.5 Å². The smallest absolute Gasteiger partial charge is 0.414 e. The van der Waals surface area contributed by atoms with Crippen LogP contribution in [0.3, 0.4) is 0 Å². The fourth-order valence-electron chi connectivity index (χ4n) is 3.62. The van der Waals surface area contributed by atoms with Crippen LogP contribution in [0.2, 0.25) is 0 Å². The molecule has 0 radical (unpaired) electrons. The normalized spacial score (nSPS) is 14.6. The monoisotopic (exact) mass is 446 g/mol. The molecule has 1 fully saturated rings. The maximum absolute atomic E-state index is 12.0. The van der Waals surface area contributed by atoms with Gasteiger partial charge in [0.05, 0.1) is 0 Å². The van der Waals surface area contributed by atoms with Crippen molar-refractivity contribution in [1.82, 2.24) is 20.1 Å². The summed E-state index contributed by atoms with van der Waals surface area (Å²) in [6, 6.07) is 21.2. The molecule has 7 nitrogen and oxygen atoms in total. The summed E-state index contributed by atoms with van der Waals surface area (Å²) >= 11 is 0. The van der Waals surface area contributed by atoms with Crippen molar-refractivity contribution in [1.29, 1.82) is 0 Å². The van der Waals surface area contributed by atoms with Crippen LogP contribution in [0.5, 0.6) is 11.6 Å². The van der Waals surface area contributed by atoms with E-state index in [1.807, 2.05) is 60.7 Å². The number of likely N-dealkylation sites (N-methyl/N-ethyl adjacent to an activating group) is 1. The second kappa shape index (κ2) is 11.4.